The lowest BCUT2D eigenvalue weighted by atomic mass is 9.87. The molecule has 1 aromatic rings. The standard InChI is InChI=1S/C14H18BrNO2/c1-17-11-7-10(8-11)16-13-4-5-18-14-3-2-9(15)6-12(13)14/h2-3,6,10-11,13,16H,4-5,7-8H2,1H3. The highest BCUT2D eigenvalue weighted by molar-refractivity contribution is 9.10. The molecule has 1 atom stereocenters. The summed E-state index contributed by atoms with van der Waals surface area (Å²) >= 11 is 3.53. The van der Waals surface area contributed by atoms with Gasteiger partial charge in [0.1, 0.15) is 5.75 Å². The van der Waals surface area contributed by atoms with Crippen molar-refractivity contribution >= 4 is 15.9 Å². The molecule has 3 rings (SSSR count). The molecule has 0 spiro atoms. The normalized spacial score (nSPS) is 30.2. The summed E-state index contributed by atoms with van der Waals surface area (Å²) in [5.41, 5.74) is 1.27. The van der Waals surface area contributed by atoms with Crippen molar-refractivity contribution in [2.24, 2.45) is 0 Å². The van der Waals surface area contributed by atoms with Crippen molar-refractivity contribution in [1.82, 2.24) is 5.32 Å². The van der Waals surface area contributed by atoms with E-state index in [-0.39, 0.29) is 0 Å². The Balaban J connectivity index is 1.69. The van der Waals surface area contributed by atoms with E-state index in [1.807, 2.05) is 12.1 Å². The number of fused-ring (bicyclic) bond motifs is 1. The molecule has 3 nitrogen and oxygen atoms in total. The van der Waals surface area contributed by atoms with Crippen LogP contribution in [0.2, 0.25) is 0 Å². The van der Waals surface area contributed by atoms with Gasteiger partial charge in [0.15, 0.2) is 0 Å². The summed E-state index contributed by atoms with van der Waals surface area (Å²) in [5.74, 6) is 1.02. The molecule has 1 heterocycles. The van der Waals surface area contributed by atoms with Crippen molar-refractivity contribution in [2.45, 2.75) is 37.5 Å². The lowest BCUT2D eigenvalue weighted by Gasteiger charge is -2.39. The molecule has 1 saturated carbocycles. The molecule has 1 fully saturated rings. The van der Waals surface area contributed by atoms with Gasteiger partial charge in [-0.15, -0.1) is 0 Å². The van der Waals surface area contributed by atoms with E-state index in [4.69, 9.17) is 9.47 Å². The van der Waals surface area contributed by atoms with Crippen molar-refractivity contribution in [3.8, 4) is 5.75 Å². The minimum Gasteiger partial charge on any atom is -0.493 e. The first-order valence-electron chi connectivity index (χ1n) is 6.47. The largest absolute Gasteiger partial charge is 0.493 e. The summed E-state index contributed by atoms with van der Waals surface area (Å²) < 4.78 is 12.1. The molecule has 0 bridgehead atoms. The zero-order valence-electron chi connectivity index (χ0n) is 10.5. The summed E-state index contributed by atoms with van der Waals surface area (Å²) in [6, 6.07) is 7.25. The van der Waals surface area contributed by atoms with E-state index in [0.717, 1.165) is 36.1 Å². The third-order valence-corrected chi connectivity index (χ3v) is 4.37. The minimum atomic E-state index is 0.411. The van der Waals surface area contributed by atoms with Crippen molar-refractivity contribution in [1.29, 1.82) is 0 Å². The van der Waals surface area contributed by atoms with Crippen LogP contribution in [0.4, 0.5) is 0 Å². The van der Waals surface area contributed by atoms with Crippen LogP contribution in [0.3, 0.4) is 0 Å². The quantitative estimate of drug-likeness (QED) is 0.930. The molecule has 0 radical (unpaired) electrons. The van der Waals surface area contributed by atoms with Gasteiger partial charge in [-0.25, -0.2) is 0 Å². The predicted molar refractivity (Wildman–Crippen MR) is 73.9 cm³/mol. The monoisotopic (exact) mass is 311 g/mol. The van der Waals surface area contributed by atoms with E-state index in [1.165, 1.54) is 5.56 Å². The van der Waals surface area contributed by atoms with Gasteiger partial charge in [-0.05, 0) is 31.0 Å². The number of ether oxygens (including phenoxy) is 2. The van der Waals surface area contributed by atoms with E-state index in [2.05, 4.69) is 27.3 Å². The molecule has 1 N–H and O–H groups in total. The lowest BCUT2D eigenvalue weighted by Crippen LogP contribution is -2.47. The number of benzene rings is 1. The fraction of sp³-hybridized carbons (Fsp3) is 0.571. The SMILES string of the molecule is COC1CC(NC2CCOc3ccc(Br)cc32)C1. The van der Waals surface area contributed by atoms with E-state index in [1.54, 1.807) is 7.11 Å². The summed E-state index contributed by atoms with van der Waals surface area (Å²) in [6.45, 7) is 0.798. The Hall–Kier alpha value is -0.580. The average Bonchev–Trinajstić information content (AvgIpc) is 2.33. The third-order valence-electron chi connectivity index (χ3n) is 3.88. The highest BCUT2D eigenvalue weighted by Gasteiger charge is 2.32. The molecule has 98 valence electrons. The molecule has 1 aromatic carbocycles. The van der Waals surface area contributed by atoms with Crippen LogP contribution in [0.1, 0.15) is 30.9 Å². The number of nitrogens with one attached hydrogen (secondary N) is 1. The molecule has 2 aliphatic rings. The van der Waals surface area contributed by atoms with Gasteiger partial charge in [0, 0.05) is 35.7 Å². The number of hydrogen-bond donors (Lipinski definition) is 1. The van der Waals surface area contributed by atoms with Crippen LogP contribution in [-0.4, -0.2) is 25.9 Å². The Morgan fingerprint density at radius 1 is 1.39 bits per heavy atom. The molecule has 18 heavy (non-hydrogen) atoms. The van der Waals surface area contributed by atoms with Gasteiger partial charge >= 0.3 is 0 Å². The van der Waals surface area contributed by atoms with Gasteiger partial charge in [0.05, 0.1) is 12.7 Å². The van der Waals surface area contributed by atoms with Crippen LogP contribution in [0.25, 0.3) is 0 Å². The first kappa shape index (κ1) is 12.5. The summed E-state index contributed by atoms with van der Waals surface area (Å²) in [6.07, 6.45) is 3.73. The molecule has 1 unspecified atom stereocenters. The van der Waals surface area contributed by atoms with E-state index >= 15 is 0 Å². The maximum Gasteiger partial charge on any atom is 0.124 e. The van der Waals surface area contributed by atoms with E-state index in [9.17, 15) is 0 Å². The zero-order chi connectivity index (χ0) is 12.5. The number of halogens is 1. The van der Waals surface area contributed by atoms with Crippen LogP contribution < -0.4 is 10.1 Å². The molecular weight excluding hydrogens is 294 g/mol. The minimum absolute atomic E-state index is 0.411. The Bertz CT molecular complexity index is 432. The Morgan fingerprint density at radius 3 is 3.00 bits per heavy atom. The van der Waals surface area contributed by atoms with E-state index in [0.29, 0.717) is 18.2 Å². The second-order valence-corrected chi connectivity index (χ2v) is 5.98. The van der Waals surface area contributed by atoms with Gasteiger partial charge in [0.2, 0.25) is 0 Å². The molecule has 1 aliphatic carbocycles. The first-order valence-corrected chi connectivity index (χ1v) is 7.26. The van der Waals surface area contributed by atoms with Crippen LogP contribution in [0.15, 0.2) is 22.7 Å². The third kappa shape index (κ3) is 2.42. The summed E-state index contributed by atoms with van der Waals surface area (Å²) in [7, 11) is 1.79. The second kappa shape index (κ2) is 5.19. The number of rotatable bonds is 3. The van der Waals surface area contributed by atoms with Crippen molar-refractivity contribution in [2.75, 3.05) is 13.7 Å². The maximum atomic E-state index is 5.70. The predicted octanol–water partition coefficient (Wildman–Crippen LogP) is 3.04. The topological polar surface area (TPSA) is 30.5 Å². The van der Waals surface area contributed by atoms with Crippen molar-refractivity contribution in [3.05, 3.63) is 28.2 Å². The smallest absolute Gasteiger partial charge is 0.124 e. The van der Waals surface area contributed by atoms with E-state index < -0.39 is 0 Å². The van der Waals surface area contributed by atoms with Gasteiger partial charge in [-0.2, -0.15) is 0 Å². The average molecular weight is 312 g/mol. The van der Waals surface area contributed by atoms with Gasteiger partial charge in [-0.3, -0.25) is 0 Å². The second-order valence-electron chi connectivity index (χ2n) is 5.06. The van der Waals surface area contributed by atoms with Gasteiger partial charge in [-0.1, -0.05) is 15.9 Å². The van der Waals surface area contributed by atoms with Crippen molar-refractivity contribution < 1.29 is 9.47 Å². The Labute approximate surface area is 116 Å². The highest BCUT2D eigenvalue weighted by Crippen LogP contribution is 2.36. The van der Waals surface area contributed by atoms with Crippen LogP contribution in [0.5, 0.6) is 5.75 Å². The first-order chi connectivity index (χ1) is 8.76. The Morgan fingerprint density at radius 2 is 2.22 bits per heavy atom. The van der Waals surface area contributed by atoms with Gasteiger partial charge < -0.3 is 14.8 Å². The molecule has 0 aromatic heterocycles. The lowest BCUT2D eigenvalue weighted by molar-refractivity contribution is 0.0126. The molecule has 0 amide bonds. The highest BCUT2D eigenvalue weighted by atomic mass is 79.9. The van der Waals surface area contributed by atoms with Crippen molar-refractivity contribution in [3.63, 3.8) is 0 Å². The fourth-order valence-electron chi connectivity index (χ4n) is 2.72. The molecular formula is C14H18BrNO2. The zero-order valence-corrected chi connectivity index (χ0v) is 12.1. The Kier molecular flexibility index (Phi) is 3.59. The molecule has 0 saturated heterocycles. The van der Waals surface area contributed by atoms with Crippen LogP contribution in [-0.2, 0) is 4.74 Å². The number of methoxy groups -OCH3 is 1. The summed E-state index contributed by atoms with van der Waals surface area (Å²) in [4.78, 5) is 0. The summed E-state index contributed by atoms with van der Waals surface area (Å²) in [5, 5.41) is 3.72. The maximum absolute atomic E-state index is 5.70. The van der Waals surface area contributed by atoms with Crippen LogP contribution >= 0.6 is 15.9 Å². The molecule has 4 heteroatoms. The number of hydrogen-bond acceptors (Lipinski definition) is 3. The van der Waals surface area contributed by atoms with Gasteiger partial charge in [0.25, 0.3) is 0 Å². The van der Waals surface area contributed by atoms with Crippen LogP contribution in [0, 0.1) is 0 Å². The molecule has 1 aliphatic heterocycles. The fourth-order valence-corrected chi connectivity index (χ4v) is 3.10.